The highest BCUT2D eigenvalue weighted by molar-refractivity contribution is 6.34. The van der Waals surface area contributed by atoms with Crippen molar-refractivity contribution >= 4 is 28.4 Å². The standard InChI is InChI=1S/C21H21ClN2O2/c1-4-9-26-21-19(20(23)25)18(14-7-5-6-8-16(14)22)15-10-12(2)13(3)11-17(15)24-21/h5-8,10-11H,4,9H2,1-3H3,(H2,23,25). The zero-order valence-corrected chi connectivity index (χ0v) is 15.9. The van der Waals surface area contributed by atoms with E-state index in [9.17, 15) is 4.79 Å². The number of pyridine rings is 1. The lowest BCUT2D eigenvalue weighted by molar-refractivity contribution is 0.0996. The van der Waals surface area contributed by atoms with E-state index >= 15 is 0 Å². The smallest absolute Gasteiger partial charge is 0.254 e. The summed E-state index contributed by atoms with van der Waals surface area (Å²) in [5.74, 6) is -0.330. The summed E-state index contributed by atoms with van der Waals surface area (Å²) < 4.78 is 5.77. The molecule has 0 fully saturated rings. The fraction of sp³-hybridized carbons (Fsp3) is 0.238. The van der Waals surface area contributed by atoms with Gasteiger partial charge in [0, 0.05) is 21.5 Å². The van der Waals surface area contributed by atoms with Crippen LogP contribution in [0.2, 0.25) is 5.02 Å². The number of nitrogens with zero attached hydrogens (tertiary/aromatic N) is 1. The SMILES string of the molecule is CCCOc1nc2cc(C)c(C)cc2c(-c2ccccc2Cl)c1C(N)=O. The molecule has 2 N–H and O–H groups in total. The van der Waals surface area contributed by atoms with Crippen molar-refractivity contribution in [2.45, 2.75) is 27.2 Å². The minimum absolute atomic E-state index is 0.255. The van der Waals surface area contributed by atoms with E-state index in [1.807, 2.05) is 51.1 Å². The molecule has 26 heavy (non-hydrogen) atoms. The molecule has 0 atom stereocenters. The first-order chi connectivity index (χ1) is 12.4. The molecule has 0 aliphatic rings. The molecular weight excluding hydrogens is 348 g/mol. The van der Waals surface area contributed by atoms with Crippen LogP contribution in [-0.4, -0.2) is 17.5 Å². The van der Waals surface area contributed by atoms with E-state index in [1.165, 1.54) is 0 Å². The molecule has 0 spiro atoms. The Bertz CT molecular complexity index is 999. The first kappa shape index (κ1) is 18.2. The molecule has 1 heterocycles. The van der Waals surface area contributed by atoms with Crippen molar-refractivity contribution in [1.82, 2.24) is 4.98 Å². The molecule has 134 valence electrons. The summed E-state index contributed by atoms with van der Waals surface area (Å²) in [6.45, 7) is 6.50. The Morgan fingerprint density at radius 2 is 1.88 bits per heavy atom. The maximum absolute atomic E-state index is 12.3. The van der Waals surface area contributed by atoms with Crippen LogP contribution in [0, 0.1) is 13.8 Å². The normalized spacial score (nSPS) is 10.9. The molecule has 0 unspecified atom stereocenters. The number of aromatic nitrogens is 1. The second kappa shape index (κ2) is 7.34. The Balaban J connectivity index is 2.47. The molecule has 2 aromatic carbocycles. The van der Waals surface area contributed by atoms with Gasteiger partial charge < -0.3 is 10.5 Å². The van der Waals surface area contributed by atoms with Crippen LogP contribution in [0.1, 0.15) is 34.8 Å². The number of hydrogen-bond donors (Lipinski definition) is 1. The number of hydrogen-bond acceptors (Lipinski definition) is 3. The van der Waals surface area contributed by atoms with Crippen LogP contribution in [0.3, 0.4) is 0 Å². The number of ether oxygens (including phenoxy) is 1. The van der Waals surface area contributed by atoms with Crippen LogP contribution in [-0.2, 0) is 0 Å². The fourth-order valence-corrected chi connectivity index (χ4v) is 3.21. The van der Waals surface area contributed by atoms with Crippen molar-refractivity contribution in [2.75, 3.05) is 6.61 Å². The third-order valence-corrected chi connectivity index (χ3v) is 4.73. The third kappa shape index (κ3) is 3.25. The van der Waals surface area contributed by atoms with Gasteiger partial charge in [-0.3, -0.25) is 4.79 Å². The van der Waals surface area contributed by atoms with Crippen LogP contribution in [0.25, 0.3) is 22.0 Å². The van der Waals surface area contributed by atoms with Crippen molar-refractivity contribution in [3.05, 3.63) is 58.1 Å². The highest BCUT2D eigenvalue weighted by atomic mass is 35.5. The van der Waals surface area contributed by atoms with E-state index < -0.39 is 5.91 Å². The molecule has 1 aromatic heterocycles. The van der Waals surface area contributed by atoms with Gasteiger partial charge in [-0.1, -0.05) is 36.7 Å². The van der Waals surface area contributed by atoms with Gasteiger partial charge >= 0.3 is 0 Å². The van der Waals surface area contributed by atoms with E-state index in [2.05, 4.69) is 4.98 Å². The quantitative estimate of drug-likeness (QED) is 0.684. The van der Waals surface area contributed by atoms with Gasteiger partial charge in [0.15, 0.2) is 0 Å². The Morgan fingerprint density at radius 1 is 1.19 bits per heavy atom. The molecule has 0 aliphatic carbocycles. The highest BCUT2D eigenvalue weighted by Gasteiger charge is 2.23. The molecule has 3 rings (SSSR count). The number of carbonyl (C=O) groups excluding carboxylic acids is 1. The van der Waals surface area contributed by atoms with Crippen LogP contribution in [0.4, 0.5) is 0 Å². The maximum Gasteiger partial charge on any atom is 0.254 e. The number of benzene rings is 2. The van der Waals surface area contributed by atoms with Crippen LogP contribution in [0.5, 0.6) is 5.88 Å². The number of halogens is 1. The summed E-state index contributed by atoms with van der Waals surface area (Å²) in [5.41, 5.74) is 10.4. The predicted octanol–water partition coefficient (Wildman–Crippen LogP) is 5.06. The Kier molecular flexibility index (Phi) is 5.14. The Morgan fingerprint density at radius 3 is 2.54 bits per heavy atom. The van der Waals surface area contributed by atoms with E-state index in [4.69, 9.17) is 22.1 Å². The summed E-state index contributed by atoms with van der Waals surface area (Å²) >= 11 is 6.45. The van der Waals surface area contributed by atoms with Gasteiger partial charge in [-0.05, 0) is 49.6 Å². The first-order valence-electron chi connectivity index (χ1n) is 8.56. The lowest BCUT2D eigenvalue weighted by atomic mass is 9.93. The Labute approximate surface area is 157 Å². The van der Waals surface area contributed by atoms with Gasteiger partial charge in [0.1, 0.15) is 5.56 Å². The molecule has 0 aliphatic heterocycles. The van der Waals surface area contributed by atoms with Gasteiger partial charge in [-0.2, -0.15) is 0 Å². The van der Waals surface area contributed by atoms with Crippen LogP contribution in [0.15, 0.2) is 36.4 Å². The van der Waals surface area contributed by atoms with E-state index in [0.29, 0.717) is 17.2 Å². The summed E-state index contributed by atoms with van der Waals surface area (Å²) in [6, 6.07) is 11.4. The molecule has 0 radical (unpaired) electrons. The minimum Gasteiger partial charge on any atom is -0.477 e. The number of fused-ring (bicyclic) bond motifs is 1. The number of carbonyl (C=O) groups is 1. The zero-order chi connectivity index (χ0) is 18.8. The van der Waals surface area contributed by atoms with Crippen molar-refractivity contribution in [3.63, 3.8) is 0 Å². The van der Waals surface area contributed by atoms with Crippen molar-refractivity contribution in [3.8, 4) is 17.0 Å². The predicted molar refractivity (Wildman–Crippen MR) is 106 cm³/mol. The van der Waals surface area contributed by atoms with Gasteiger partial charge in [-0.25, -0.2) is 4.98 Å². The van der Waals surface area contributed by atoms with Crippen molar-refractivity contribution in [1.29, 1.82) is 0 Å². The average molecular weight is 369 g/mol. The molecule has 4 nitrogen and oxygen atoms in total. The van der Waals surface area contributed by atoms with E-state index in [-0.39, 0.29) is 11.4 Å². The van der Waals surface area contributed by atoms with Crippen molar-refractivity contribution in [2.24, 2.45) is 5.73 Å². The monoisotopic (exact) mass is 368 g/mol. The minimum atomic E-state index is -0.585. The Hall–Kier alpha value is -2.59. The summed E-state index contributed by atoms with van der Waals surface area (Å²) in [7, 11) is 0. The second-order valence-electron chi connectivity index (χ2n) is 6.31. The summed E-state index contributed by atoms with van der Waals surface area (Å²) in [4.78, 5) is 16.9. The number of primary amides is 1. The molecule has 0 saturated heterocycles. The number of rotatable bonds is 5. The lowest BCUT2D eigenvalue weighted by Gasteiger charge is -2.17. The number of aryl methyl sites for hydroxylation is 2. The fourth-order valence-electron chi connectivity index (χ4n) is 2.98. The highest BCUT2D eigenvalue weighted by Crippen LogP contribution is 2.40. The van der Waals surface area contributed by atoms with Crippen LogP contribution >= 0.6 is 11.6 Å². The summed E-state index contributed by atoms with van der Waals surface area (Å²) in [5, 5.41) is 1.38. The molecule has 3 aromatic rings. The largest absolute Gasteiger partial charge is 0.477 e. The van der Waals surface area contributed by atoms with Crippen LogP contribution < -0.4 is 10.5 Å². The summed E-state index contributed by atoms with van der Waals surface area (Å²) in [6.07, 6.45) is 0.798. The number of amides is 1. The first-order valence-corrected chi connectivity index (χ1v) is 8.94. The van der Waals surface area contributed by atoms with E-state index in [0.717, 1.165) is 34.0 Å². The molecule has 0 saturated carbocycles. The maximum atomic E-state index is 12.3. The topological polar surface area (TPSA) is 65.2 Å². The number of nitrogens with two attached hydrogens (primary N) is 1. The van der Waals surface area contributed by atoms with Crippen molar-refractivity contribution < 1.29 is 9.53 Å². The van der Waals surface area contributed by atoms with Gasteiger partial charge in [0.05, 0.1) is 12.1 Å². The third-order valence-electron chi connectivity index (χ3n) is 4.40. The molecule has 1 amide bonds. The molecule has 0 bridgehead atoms. The van der Waals surface area contributed by atoms with Gasteiger partial charge in [0.25, 0.3) is 5.91 Å². The van der Waals surface area contributed by atoms with Gasteiger partial charge in [0.2, 0.25) is 5.88 Å². The molecular formula is C21H21ClN2O2. The van der Waals surface area contributed by atoms with Gasteiger partial charge in [-0.15, -0.1) is 0 Å². The zero-order valence-electron chi connectivity index (χ0n) is 15.1. The second-order valence-corrected chi connectivity index (χ2v) is 6.72. The lowest BCUT2D eigenvalue weighted by Crippen LogP contribution is -2.16. The van der Waals surface area contributed by atoms with E-state index in [1.54, 1.807) is 6.07 Å². The molecule has 5 heteroatoms. The average Bonchev–Trinajstić information content (AvgIpc) is 2.60.